The Kier molecular flexibility index (Phi) is 8.38. The molecule has 1 aromatic heterocycles. The van der Waals surface area contributed by atoms with Crippen LogP contribution in [0, 0.1) is 0 Å². The van der Waals surface area contributed by atoms with E-state index in [-0.39, 0.29) is 42.9 Å². The highest BCUT2D eigenvalue weighted by atomic mass is 35.5. The third-order valence-corrected chi connectivity index (χ3v) is 4.14. The van der Waals surface area contributed by atoms with Gasteiger partial charge in [0, 0.05) is 37.8 Å². The van der Waals surface area contributed by atoms with Gasteiger partial charge in [-0.3, -0.25) is 9.48 Å². The number of nitrogens with two attached hydrogens (primary N) is 1. The van der Waals surface area contributed by atoms with Gasteiger partial charge in [0.05, 0.1) is 19.3 Å². The number of aryl methyl sites for hydroxylation is 1. The van der Waals surface area contributed by atoms with Crippen LogP contribution in [0.1, 0.15) is 29.7 Å². The first-order valence-corrected chi connectivity index (χ1v) is 7.82. The van der Waals surface area contributed by atoms with E-state index >= 15 is 0 Å². The molecule has 1 aliphatic heterocycles. The molecule has 25 heavy (non-hydrogen) atoms. The maximum absolute atomic E-state index is 12.5. The number of hydrogen-bond donors (Lipinski definition) is 1. The summed E-state index contributed by atoms with van der Waals surface area (Å²) in [6, 6.07) is 9.45. The third-order valence-electron chi connectivity index (χ3n) is 4.14. The average Bonchev–Trinajstić information content (AvgIpc) is 3.02. The van der Waals surface area contributed by atoms with Gasteiger partial charge in [-0.15, -0.1) is 24.8 Å². The molecule has 2 N–H and O–H groups in total. The number of amides is 1. The van der Waals surface area contributed by atoms with Gasteiger partial charge in [0.15, 0.2) is 0 Å². The summed E-state index contributed by atoms with van der Waals surface area (Å²) in [5, 5.41) is 4.16. The van der Waals surface area contributed by atoms with E-state index in [1.165, 1.54) is 0 Å². The number of aromatic nitrogens is 2. The number of halogens is 2. The number of carbonyl (C=O) groups is 1. The van der Waals surface area contributed by atoms with Crippen molar-refractivity contribution in [2.24, 2.45) is 12.8 Å². The number of nitrogens with zero attached hydrogens (tertiary/aromatic N) is 3. The van der Waals surface area contributed by atoms with E-state index in [2.05, 4.69) is 5.10 Å². The first-order valence-electron chi connectivity index (χ1n) is 7.82. The normalized spacial score (nSPS) is 18.0. The van der Waals surface area contributed by atoms with Crippen LogP contribution < -0.4 is 5.73 Å². The van der Waals surface area contributed by atoms with Crippen molar-refractivity contribution in [3.63, 3.8) is 0 Å². The van der Waals surface area contributed by atoms with E-state index in [0.29, 0.717) is 26.1 Å². The Morgan fingerprint density at radius 1 is 1.36 bits per heavy atom. The van der Waals surface area contributed by atoms with E-state index in [9.17, 15) is 4.79 Å². The van der Waals surface area contributed by atoms with E-state index in [1.807, 2.05) is 48.5 Å². The molecule has 2 unspecified atom stereocenters. The molecule has 0 saturated carbocycles. The van der Waals surface area contributed by atoms with Gasteiger partial charge in [0.25, 0.3) is 0 Å². The summed E-state index contributed by atoms with van der Waals surface area (Å²) in [6.45, 7) is 1.69. The summed E-state index contributed by atoms with van der Waals surface area (Å²) in [6.07, 6.45) is 3.90. The third kappa shape index (κ3) is 5.44. The first kappa shape index (κ1) is 21.4. The van der Waals surface area contributed by atoms with Crippen LogP contribution >= 0.6 is 24.8 Å². The molecule has 1 saturated heterocycles. The van der Waals surface area contributed by atoms with Crippen LogP contribution in [0.5, 0.6) is 0 Å². The monoisotopic (exact) mass is 386 g/mol. The number of hydrogen-bond acceptors (Lipinski definition) is 4. The van der Waals surface area contributed by atoms with Crippen molar-refractivity contribution in [3.8, 4) is 0 Å². The molecular weight excluding hydrogens is 363 g/mol. The zero-order chi connectivity index (χ0) is 16.2. The molecule has 3 rings (SSSR count). The predicted molar refractivity (Wildman–Crippen MR) is 101 cm³/mol. The Bertz CT molecular complexity index is 666. The molecule has 0 spiro atoms. The lowest BCUT2D eigenvalue weighted by Gasteiger charge is -2.33. The van der Waals surface area contributed by atoms with Crippen LogP contribution in [0.2, 0.25) is 0 Å². The van der Waals surface area contributed by atoms with Crippen molar-refractivity contribution >= 4 is 30.7 Å². The maximum atomic E-state index is 12.5. The fraction of sp³-hybridized carbons (Fsp3) is 0.412. The number of rotatable bonds is 4. The molecule has 0 aliphatic carbocycles. The summed E-state index contributed by atoms with van der Waals surface area (Å²) in [7, 11) is 1.87. The second-order valence-corrected chi connectivity index (χ2v) is 5.87. The molecular formula is C17H24Cl2N4O2. The van der Waals surface area contributed by atoms with Crippen molar-refractivity contribution in [1.29, 1.82) is 0 Å². The SMILES string of the molecule is Cl.Cl.Cn1cc(C2CN(C(=O)CC(N)c3ccccc3)CCO2)cn1. The predicted octanol–water partition coefficient (Wildman–Crippen LogP) is 2.25. The Hall–Kier alpha value is -1.60. The number of carbonyl (C=O) groups excluding carboxylic acids is 1. The lowest BCUT2D eigenvalue weighted by atomic mass is 10.0. The lowest BCUT2D eigenvalue weighted by molar-refractivity contribution is -0.139. The Labute approximate surface area is 160 Å². The molecule has 0 bridgehead atoms. The lowest BCUT2D eigenvalue weighted by Crippen LogP contribution is -2.43. The summed E-state index contributed by atoms with van der Waals surface area (Å²) in [4.78, 5) is 14.4. The second-order valence-electron chi connectivity index (χ2n) is 5.87. The summed E-state index contributed by atoms with van der Waals surface area (Å²) < 4.78 is 7.51. The highest BCUT2D eigenvalue weighted by Gasteiger charge is 2.27. The van der Waals surface area contributed by atoms with E-state index in [1.54, 1.807) is 10.9 Å². The van der Waals surface area contributed by atoms with Crippen LogP contribution in [0.15, 0.2) is 42.7 Å². The van der Waals surface area contributed by atoms with E-state index < -0.39 is 0 Å². The fourth-order valence-electron chi connectivity index (χ4n) is 2.82. The number of benzene rings is 1. The fourth-order valence-corrected chi connectivity index (χ4v) is 2.82. The van der Waals surface area contributed by atoms with Gasteiger partial charge in [-0.1, -0.05) is 30.3 Å². The van der Waals surface area contributed by atoms with Crippen molar-refractivity contribution < 1.29 is 9.53 Å². The van der Waals surface area contributed by atoms with Gasteiger partial charge >= 0.3 is 0 Å². The number of ether oxygens (including phenoxy) is 1. The van der Waals surface area contributed by atoms with Gasteiger partial charge < -0.3 is 15.4 Å². The van der Waals surface area contributed by atoms with Crippen molar-refractivity contribution in [2.75, 3.05) is 19.7 Å². The molecule has 0 radical (unpaired) electrons. The minimum absolute atomic E-state index is 0. The topological polar surface area (TPSA) is 73.4 Å². The standard InChI is InChI=1S/C17H22N4O2.2ClH/c1-20-11-14(10-19-20)16-12-21(7-8-23-16)17(22)9-15(18)13-5-3-2-4-6-13;;/h2-6,10-11,15-16H,7-9,12,18H2,1H3;2*1H. The van der Waals surface area contributed by atoms with Crippen LogP contribution in [0.4, 0.5) is 0 Å². The van der Waals surface area contributed by atoms with Gasteiger partial charge in [-0.25, -0.2) is 0 Å². The largest absolute Gasteiger partial charge is 0.370 e. The number of morpholine rings is 1. The summed E-state index contributed by atoms with van der Waals surface area (Å²) >= 11 is 0. The molecule has 1 aliphatic rings. The Morgan fingerprint density at radius 2 is 2.08 bits per heavy atom. The van der Waals surface area contributed by atoms with Crippen LogP contribution in [-0.2, 0) is 16.6 Å². The molecule has 1 aromatic carbocycles. The highest BCUT2D eigenvalue weighted by molar-refractivity contribution is 5.85. The molecule has 8 heteroatoms. The summed E-state index contributed by atoms with van der Waals surface area (Å²) in [5.74, 6) is 0.0681. The smallest absolute Gasteiger partial charge is 0.224 e. The Balaban J connectivity index is 0.00000156. The van der Waals surface area contributed by atoms with E-state index in [0.717, 1.165) is 11.1 Å². The molecule has 2 aromatic rings. The zero-order valence-electron chi connectivity index (χ0n) is 14.1. The average molecular weight is 387 g/mol. The summed E-state index contributed by atoms with van der Waals surface area (Å²) in [5.41, 5.74) is 8.14. The highest BCUT2D eigenvalue weighted by Crippen LogP contribution is 2.23. The van der Waals surface area contributed by atoms with Crippen molar-refractivity contribution in [1.82, 2.24) is 14.7 Å². The first-order chi connectivity index (χ1) is 11.1. The van der Waals surface area contributed by atoms with Crippen LogP contribution in [-0.4, -0.2) is 40.3 Å². The Morgan fingerprint density at radius 3 is 2.72 bits per heavy atom. The van der Waals surface area contributed by atoms with E-state index in [4.69, 9.17) is 10.5 Å². The van der Waals surface area contributed by atoms with Gasteiger partial charge in [0.2, 0.25) is 5.91 Å². The van der Waals surface area contributed by atoms with Crippen molar-refractivity contribution in [2.45, 2.75) is 18.6 Å². The van der Waals surface area contributed by atoms with Gasteiger partial charge in [-0.05, 0) is 5.56 Å². The molecule has 1 fully saturated rings. The minimum Gasteiger partial charge on any atom is -0.370 e. The van der Waals surface area contributed by atoms with Gasteiger partial charge in [-0.2, -0.15) is 5.10 Å². The van der Waals surface area contributed by atoms with Crippen LogP contribution in [0.25, 0.3) is 0 Å². The maximum Gasteiger partial charge on any atom is 0.224 e. The molecule has 1 amide bonds. The molecule has 138 valence electrons. The minimum atomic E-state index is -0.275. The zero-order valence-corrected chi connectivity index (χ0v) is 15.7. The molecule has 2 atom stereocenters. The molecule has 2 heterocycles. The quantitative estimate of drug-likeness (QED) is 0.874. The van der Waals surface area contributed by atoms with Gasteiger partial charge in [0.1, 0.15) is 6.10 Å². The molecule has 6 nitrogen and oxygen atoms in total. The van der Waals surface area contributed by atoms with Crippen molar-refractivity contribution in [3.05, 3.63) is 53.9 Å². The van der Waals surface area contributed by atoms with Crippen LogP contribution in [0.3, 0.4) is 0 Å². The second kappa shape index (κ2) is 9.77.